The zero-order valence-corrected chi connectivity index (χ0v) is 11.4. The summed E-state index contributed by atoms with van der Waals surface area (Å²) in [5.41, 5.74) is 6.58. The number of hydrogen-bond acceptors (Lipinski definition) is 3. The minimum absolute atomic E-state index is 0.0370. The fourth-order valence-corrected chi connectivity index (χ4v) is 2.39. The van der Waals surface area contributed by atoms with Crippen molar-refractivity contribution in [3.8, 4) is 5.75 Å². The lowest BCUT2D eigenvalue weighted by Crippen LogP contribution is -2.41. The first-order valence-corrected chi connectivity index (χ1v) is 6.95. The van der Waals surface area contributed by atoms with E-state index >= 15 is 0 Å². The molecule has 19 heavy (non-hydrogen) atoms. The maximum Gasteiger partial charge on any atom is 0.260 e. The van der Waals surface area contributed by atoms with Gasteiger partial charge >= 0.3 is 0 Å². The Morgan fingerprint density at radius 2 is 2.21 bits per heavy atom. The molecule has 1 aromatic carbocycles. The first kappa shape index (κ1) is 13.9. The molecule has 2 rings (SSSR count). The second kappa shape index (κ2) is 6.57. The van der Waals surface area contributed by atoms with Gasteiger partial charge in [0.05, 0.1) is 0 Å². The summed E-state index contributed by atoms with van der Waals surface area (Å²) in [6.45, 7) is 2.25. The summed E-state index contributed by atoms with van der Waals surface area (Å²) in [6, 6.07) is 7.88. The lowest BCUT2D eigenvalue weighted by molar-refractivity contribution is -0.127. The van der Waals surface area contributed by atoms with Crippen LogP contribution in [-0.4, -0.2) is 18.1 Å². The Morgan fingerprint density at radius 1 is 1.47 bits per heavy atom. The standard InChI is InChI=1S/C15H22N2O2/c1-11(15(18)17-13-6-2-3-7-13)19-14-8-4-5-12(9-14)10-16/h4-5,8-9,11,13H,2-3,6-7,10,16H2,1H3,(H,17,18). The Balaban J connectivity index is 1.88. The lowest BCUT2D eigenvalue weighted by atomic mass is 10.2. The predicted octanol–water partition coefficient (Wildman–Crippen LogP) is 1.97. The molecular formula is C15H22N2O2. The minimum atomic E-state index is -0.478. The van der Waals surface area contributed by atoms with Crippen LogP contribution >= 0.6 is 0 Å². The molecule has 0 spiro atoms. The first-order chi connectivity index (χ1) is 9.19. The first-order valence-electron chi connectivity index (χ1n) is 6.95. The van der Waals surface area contributed by atoms with E-state index in [0.717, 1.165) is 18.4 Å². The summed E-state index contributed by atoms with van der Waals surface area (Å²) in [6.07, 6.45) is 4.10. The highest BCUT2D eigenvalue weighted by Crippen LogP contribution is 2.18. The summed E-state index contributed by atoms with van der Waals surface area (Å²) in [5.74, 6) is 0.655. The fourth-order valence-electron chi connectivity index (χ4n) is 2.39. The summed E-state index contributed by atoms with van der Waals surface area (Å²) in [5, 5.41) is 3.04. The van der Waals surface area contributed by atoms with E-state index in [-0.39, 0.29) is 5.91 Å². The van der Waals surface area contributed by atoms with Crippen molar-refractivity contribution in [3.63, 3.8) is 0 Å². The van der Waals surface area contributed by atoms with E-state index in [1.165, 1.54) is 12.8 Å². The molecule has 1 saturated carbocycles. The molecule has 4 nitrogen and oxygen atoms in total. The normalized spacial score (nSPS) is 17.2. The average molecular weight is 262 g/mol. The van der Waals surface area contributed by atoms with Crippen molar-refractivity contribution in [1.82, 2.24) is 5.32 Å². The number of nitrogens with two attached hydrogens (primary N) is 1. The van der Waals surface area contributed by atoms with E-state index in [1.54, 1.807) is 6.92 Å². The van der Waals surface area contributed by atoms with E-state index in [2.05, 4.69) is 5.32 Å². The van der Waals surface area contributed by atoms with Gasteiger partial charge in [-0.15, -0.1) is 0 Å². The van der Waals surface area contributed by atoms with Crippen molar-refractivity contribution in [2.75, 3.05) is 0 Å². The van der Waals surface area contributed by atoms with Crippen LogP contribution in [0.1, 0.15) is 38.2 Å². The van der Waals surface area contributed by atoms with Gasteiger partial charge in [0, 0.05) is 12.6 Å². The SMILES string of the molecule is CC(Oc1cccc(CN)c1)C(=O)NC1CCCC1. The summed E-state index contributed by atoms with van der Waals surface area (Å²) < 4.78 is 5.66. The molecule has 1 amide bonds. The highest BCUT2D eigenvalue weighted by atomic mass is 16.5. The van der Waals surface area contributed by atoms with Gasteiger partial charge in [0.25, 0.3) is 5.91 Å². The van der Waals surface area contributed by atoms with Gasteiger partial charge in [-0.2, -0.15) is 0 Å². The predicted molar refractivity (Wildman–Crippen MR) is 74.8 cm³/mol. The second-order valence-electron chi connectivity index (χ2n) is 5.10. The van der Waals surface area contributed by atoms with Crippen molar-refractivity contribution < 1.29 is 9.53 Å². The smallest absolute Gasteiger partial charge is 0.260 e. The minimum Gasteiger partial charge on any atom is -0.481 e. The molecule has 0 aliphatic heterocycles. The largest absolute Gasteiger partial charge is 0.481 e. The van der Waals surface area contributed by atoms with E-state index in [1.807, 2.05) is 24.3 Å². The van der Waals surface area contributed by atoms with Crippen LogP contribution in [0.25, 0.3) is 0 Å². The molecule has 3 N–H and O–H groups in total. The van der Waals surface area contributed by atoms with E-state index in [9.17, 15) is 4.79 Å². The Labute approximate surface area is 114 Å². The van der Waals surface area contributed by atoms with Gasteiger partial charge in [-0.1, -0.05) is 25.0 Å². The van der Waals surface area contributed by atoms with Crippen LogP contribution in [-0.2, 0) is 11.3 Å². The van der Waals surface area contributed by atoms with Crippen molar-refractivity contribution >= 4 is 5.91 Å². The molecule has 4 heteroatoms. The molecule has 1 unspecified atom stereocenters. The molecule has 1 aliphatic rings. The number of hydrogen-bond donors (Lipinski definition) is 2. The topological polar surface area (TPSA) is 64.3 Å². The Kier molecular flexibility index (Phi) is 4.80. The number of carbonyl (C=O) groups is 1. The van der Waals surface area contributed by atoms with Gasteiger partial charge in [-0.3, -0.25) is 4.79 Å². The van der Waals surface area contributed by atoms with Gasteiger partial charge in [-0.25, -0.2) is 0 Å². The van der Waals surface area contributed by atoms with Crippen LogP contribution in [0.5, 0.6) is 5.75 Å². The number of benzene rings is 1. The van der Waals surface area contributed by atoms with Crippen LogP contribution in [0.2, 0.25) is 0 Å². The third kappa shape index (κ3) is 3.96. The van der Waals surface area contributed by atoms with Gasteiger partial charge in [0.1, 0.15) is 5.75 Å². The van der Waals surface area contributed by atoms with Crippen molar-refractivity contribution in [1.29, 1.82) is 0 Å². The Morgan fingerprint density at radius 3 is 2.89 bits per heavy atom. The lowest BCUT2D eigenvalue weighted by Gasteiger charge is -2.18. The van der Waals surface area contributed by atoms with Gasteiger partial charge in [0.15, 0.2) is 6.10 Å². The molecule has 1 aliphatic carbocycles. The zero-order chi connectivity index (χ0) is 13.7. The second-order valence-corrected chi connectivity index (χ2v) is 5.10. The third-order valence-electron chi connectivity index (χ3n) is 3.52. The monoisotopic (exact) mass is 262 g/mol. The van der Waals surface area contributed by atoms with Crippen molar-refractivity contribution in [2.45, 2.75) is 51.3 Å². The van der Waals surface area contributed by atoms with Gasteiger partial charge in [0.2, 0.25) is 0 Å². The third-order valence-corrected chi connectivity index (χ3v) is 3.52. The molecule has 0 radical (unpaired) electrons. The number of nitrogens with one attached hydrogen (secondary N) is 1. The average Bonchev–Trinajstić information content (AvgIpc) is 2.91. The molecule has 1 fully saturated rings. The Bertz CT molecular complexity index is 428. The van der Waals surface area contributed by atoms with Crippen LogP contribution in [0, 0.1) is 0 Å². The molecule has 1 aromatic rings. The summed E-state index contributed by atoms with van der Waals surface area (Å²) >= 11 is 0. The molecule has 1 atom stereocenters. The van der Waals surface area contributed by atoms with Crippen LogP contribution in [0.4, 0.5) is 0 Å². The van der Waals surface area contributed by atoms with Crippen molar-refractivity contribution in [2.24, 2.45) is 5.73 Å². The maximum absolute atomic E-state index is 12.0. The molecule has 104 valence electrons. The van der Waals surface area contributed by atoms with E-state index < -0.39 is 6.10 Å². The molecule has 0 heterocycles. The highest BCUT2D eigenvalue weighted by Gasteiger charge is 2.21. The van der Waals surface area contributed by atoms with Crippen LogP contribution in [0.15, 0.2) is 24.3 Å². The number of ether oxygens (including phenoxy) is 1. The van der Waals surface area contributed by atoms with E-state index in [0.29, 0.717) is 18.3 Å². The molecule has 0 bridgehead atoms. The molecule has 0 saturated heterocycles. The Hall–Kier alpha value is -1.55. The molecular weight excluding hydrogens is 240 g/mol. The summed E-state index contributed by atoms with van der Waals surface area (Å²) in [7, 11) is 0. The number of amides is 1. The van der Waals surface area contributed by atoms with Gasteiger partial charge < -0.3 is 15.8 Å². The van der Waals surface area contributed by atoms with E-state index in [4.69, 9.17) is 10.5 Å². The van der Waals surface area contributed by atoms with Crippen molar-refractivity contribution in [3.05, 3.63) is 29.8 Å². The summed E-state index contributed by atoms with van der Waals surface area (Å²) in [4.78, 5) is 12.0. The quantitative estimate of drug-likeness (QED) is 0.852. The zero-order valence-electron chi connectivity index (χ0n) is 11.4. The van der Waals surface area contributed by atoms with Gasteiger partial charge in [-0.05, 0) is 37.5 Å². The van der Waals surface area contributed by atoms with Crippen LogP contribution in [0.3, 0.4) is 0 Å². The van der Waals surface area contributed by atoms with Crippen LogP contribution < -0.4 is 15.8 Å². The maximum atomic E-state index is 12.0. The number of rotatable bonds is 5. The highest BCUT2D eigenvalue weighted by molar-refractivity contribution is 5.81. The molecule has 0 aromatic heterocycles. The number of carbonyl (C=O) groups excluding carboxylic acids is 1. The fraction of sp³-hybridized carbons (Fsp3) is 0.533.